The zero-order valence-electron chi connectivity index (χ0n) is 12.2. The molecule has 0 bridgehead atoms. The summed E-state index contributed by atoms with van der Waals surface area (Å²) in [6, 6.07) is 8.70. The Morgan fingerprint density at radius 3 is 2.43 bits per heavy atom. The van der Waals surface area contributed by atoms with Gasteiger partial charge in [0.2, 0.25) is 5.91 Å². The first-order valence-corrected chi connectivity index (χ1v) is 7.27. The topological polar surface area (TPSA) is 75.6 Å². The lowest BCUT2D eigenvalue weighted by Gasteiger charge is -2.37. The van der Waals surface area contributed by atoms with E-state index in [2.05, 4.69) is 5.32 Å². The summed E-state index contributed by atoms with van der Waals surface area (Å²) >= 11 is 0. The summed E-state index contributed by atoms with van der Waals surface area (Å²) in [6.45, 7) is 2.76. The van der Waals surface area contributed by atoms with Crippen LogP contribution in [0.3, 0.4) is 0 Å². The van der Waals surface area contributed by atoms with Gasteiger partial charge in [-0.3, -0.25) is 4.79 Å². The molecule has 0 saturated carbocycles. The number of carbonyl (C=O) groups is 2. The fraction of sp³-hybridized carbons (Fsp3) is 0.500. The first kappa shape index (κ1) is 15.5. The smallest absolute Gasteiger partial charge is 0.326 e. The van der Waals surface area contributed by atoms with Crippen molar-refractivity contribution in [2.24, 2.45) is 0 Å². The van der Waals surface area contributed by atoms with Crippen LogP contribution in [0.5, 0.6) is 0 Å². The van der Waals surface area contributed by atoms with Crippen molar-refractivity contribution in [3.63, 3.8) is 0 Å². The van der Waals surface area contributed by atoms with Crippen LogP contribution in [0.4, 0.5) is 0 Å². The Morgan fingerprint density at radius 1 is 1.29 bits per heavy atom. The van der Waals surface area contributed by atoms with Crippen LogP contribution in [0.25, 0.3) is 0 Å². The van der Waals surface area contributed by atoms with Crippen LogP contribution in [-0.2, 0) is 19.7 Å². The first-order valence-electron chi connectivity index (χ1n) is 7.27. The van der Waals surface area contributed by atoms with Gasteiger partial charge in [-0.1, -0.05) is 37.3 Å². The summed E-state index contributed by atoms with van der Waals surface area (Å²) in [5.74, 6) is -1.22. The molecular formula is C16H21NO4. The molecule has 5 heteroatoms. The van der Waals surface area contributed by atoms with Gasteiger partial charge in [0.15, 0.2) is 0 Å². The molecule has 0 aliphatic carbocycles. The van der Waals surface area contributed by atoms with Gasteiger partial charge in [0.1, 0.15) is 6.04 Å². The van der Waals surface area contributed by atoms with E-state index in [9.17, 15) is 9.59 Å². The highest BCUT2D eigenvalue weighted by atomic mass is 16.5. The number of rotatable bonds is 5. The Balaban J connectivity index is 2.28. The quantitative estimate of drug-likeness (QED) is 0.866. The average molecular weight is 291 g/mol. The number of carboxylic acids is 1. The molecule has 0 aromatic heterocycles. The predicted molar refractivity (Wildman–Crippen MR) is 78.0 cm³/mol. The molecule has 0 spiro atoms. The van der Waals surface area contributed by atoms with Crippen LogP contribution < -0.4 is 5.32 Å². The fourth-order valence-corrected chi connectivity index (χ4v) is 2.76. The van der Waals surface area contributed by atoms with Gasteiger partial charge >= 0.3 is 5.97 Å². The average Bonchev–Trinajstić information content (AvgIpc) is 2.53. The van der Waals surface area contributed by atoms with Crippen LogP contribution in [0, 0.1) is 0 Å². The van der Waals surface area contributed by atoms with Crippen molar-refractivity contribution in [1.29, 1.82) is 0 Å². The molecule has 1 heterocycles. The Bertz CT molecular complexity index is 494. The number of carbonyl (C=O) groups excluding carboxylic acids is 1. The third-order valence-corrected chi connectivity index (χ3v) is 4.12. The van der Waals surface area contributed by atoms with Crippen molar-refractivity contribution >= 4 is 11.9 Å². The lowest BCUT2D eigenvalue weighted by molar-refractivity contribution is -0.143. The van der Waals surface area contributed by atoms with Crippen molar-refractivity contribution < 1.29 is 19.4 Å². The maximum absolute atomic E-state index is 12.8. The van der Waals surface area contributed by atoms with E-state index in [4.69, 9.17) is 9.84 Å². The minimum Gasteiger partial charge on any atom is -0.480 e. The summed E-state index contributed by atoms with van der Waals surface area (Å²) in [6.07, 6.45) is 1.50. The number of ether oxygens (including phenoxy) is 1. The second-order valence-electron chi connectivity index (χ2n) is 5.33. The van der Waals surface area contributed by atoms with Crippen molar-refractivity contribution in [2.45, 2.75) is 37.6 Å². The predicted octanol–water partition coefficient (Wildman–Crippen LogP) is 1.71. The van der Waals surface area contributed by atoms with Crippen LogP contribution >= 0.6 is 0 Å². The van der Waals surface area contributed by atoms with Crippen molar-refractivity contribution in [3.8, 4) is 0 Å². The van der Waals surface area contributed by atoms with Gasteiger partial charge in [0.05, 0.1) is 5.41 Å². The number of aliphatic carboxylic acids is 1. The van der Waals surface area contributed by atoms with Gasteiger partial charge in [-0.2, -0.15) is 0 Å². The molecule has 1 atom stereocenters. The van der Waals surface area contributed by atoms with Crippen LogP contribution in [0.1, 0.15) is 31.7 Å². The van der Waals surface area contributed by atoms with Gasteiger partial charge in [-0.05, 0) is 24.8 Å². The highest BCUT2D eigenvalue weighted by Gasteiger charge is 2.42. The van der Waals surface area contributed by atoms with E-state index in [1.54, 1.807) is 6.92 Å². The van der Waals surface area contributed by atoms with E-state index >= 15 is 0 Å². The molecular weight excluding hydrogens is 270 g/mol. The molecule has 114 valence electrons. The number of hydrogen-bond donors (Lipinski definition) is 2. The van der Waals surface area contributed by atoms with Gasteiger partial charge in [-0.15, -0.1) is 0 Å². The first-order chi connectivity index (χ1) is 10.1. The van der Waals surface area contributed by atoms with E-state index in [-0.39, 0.29) is 5.91 Å². The number of nitrogens with one attached hydrogen (secondary N) is 1. The Kier molecular flexibility index (Phi) is 4.96. The molecule has 1 amide bonds. The largest absolute Gasteiger partial charge is 0.480 e. The zero-order valence-corrected chi connectivity index (χ0v) is 12.2. The lowest BCUT2D eigenvalue weighted by Crippen LogP contribution is -2.52. The molecule has 21 heavy (non-hydrogen) atoms. The van der Waals surface area contributed by atoms with E-state index in [0.717, 1.165) is 5.56 Å². The Labute approximate surface area is 124 Å². The summed E-state index contributed by atoms with van der Waals surface area (Å²) in [5.41, 5.74) is 0.230. The summed E-state index contributed by atoms with van der Waals surface area (Å²) in [4.78, 5) is 23.9. The molecule has 1 aliphatic heterocycles. The summed E-state index contributed by atoms with van der Waals surface area (Å²) < 4.78 is 5.38. The Hall–Kier alpha value is -1.88. The molecule has 1 unspecified atom stereocenters. The third kappa shape index (κ3) is 3.24. The van der Waals surface area contributed by atoms with E-state index in [0.29, 0.717) is 32.5 Å². The van der Waals surface area contributed by atoms with E-state index in [1.165, 1.54) is 0 Å². The summed E-state index contributed by atoms with van der Waals surface area (Å²) in [7, 11) is 0. The van der Waals surface area contributed by atoms with Gasteiger partial charge < -0.3 is 15.2 Å². The minimum absolute atomic E-state index is 0.216. The number of hydrogen-bond acceptors (Lipinski definition) is 3. The molecule has 1 fully saturated rings. The highest BCUT2D eigenvalue weighted by molar-refractivity contribution is 5.91. The number of carboxylic acid groups (broad SMARTS) is 1. The van der Waals surface area contributed by atoms with Crippen LogP contribution in [0.15, 0.2) is 30.3 Å². The normalized spacial score (nSPS) is 18.7. The van der Waals surface area contributed by atoms with Crippen LogP contribution in [0.2, 0.25) is 0 Å². The maximum Gasteiger partial charge on any atom is 0.326 e. The second kappa shape index (κ2) is 6.72. The van der Waals surface area contributed by atoms with Gasteiger partial charge in [-0.25, -0.2) is 4.79 Å². The van der Waals surface area contributed by atoms with Gasteiger partial charge in [0.25, 0.3) is 0 Å². The van der Waals surface area contributed by atoms with Crippen molar-refractivity contribution in [2.75, 3.05) is 13.2 Å². The van der Waals surface area contributed by atoms with Crippen LogP contribution in [-0.4, -0.2) is 36.2 Å². The van der Waals surface area contributed by atoms with E-state index < -0.39 is 17.4 Å². The fourth-order valence-electron chi connectivity index (χ4n) is 2.76. The molecule has 1 aromatic carbocycles. The summed E-state index contributed by atoms with van der Waals surface area (Å²) in [5, 5.41) is 11.8. The lowest BCUT2D eigenvalue weighted by atomic mass is 9.73. The Morgan fingerprint density at radius 2 is 1.90 bits per heavy atom. The highest BCUT2D eigenvalue weighted by Crippen LogP contribution is 2.35. The minimum atomic E-state index is -0.999. The molecule has 1 saturated heterocycles. The van der Waals surface area contributed by atoms with Crippen molar-refractivity contribution in [3.05, 3.63) is 35.9 Å². The molecule has 1 aliphatic rings. The second-order valence-corrected chi connectivity index (χ2v) is 5.33. The number of amides is 1. The SMILES string of the molecule is CCC(NC(=O)C1(c2ccccc2)CCOCC1)C(=O)O. The standard InChI is InChI=1S/C16H21NO4/c1-2-13(14(18)19)17-15(20)16(8-10-21-11-9-16)12-6-4-3-5-7-12/h3-7,13H,2,8-11H2,1H3,(H,17,20)(H,18,19). The molecule has 5 nitrogen and oxygen atoms in total. The van der Waals surface area contributed by atoms with E-state index in [1.807, 2.05) is 30.3 Å². The van der Waals surface area contributed by atoms with Gasteiger partial charge in [0, 0.05) is 13.2 Å². The molecule has 2 N–H and O–H groups in total. The maximum atomic E-state index is 12.8. The van der Waals surface area contributed by atoms with Crippen molar-refractivity contribution in [1.82, 2.24) is 5.32 Å². The zero-order chi connectivity index (χ0) is 15.3. The number of benzene rings is 1. The molecule has 2 rings (SSSR count). The molecule has 0 radical (unpaired) electrons. The third-order valence-electron chi connectivity index (χ3n) is 4.12. The molecule has 1 aromatic rings. The monoisotopic (exact) mass is 291 g/mol.